The number of esters is 1. The molecule has 0 unspecified atom stereocenters. The number of hydrogen-bond donors (Lipinski definition) is 0. The van der Waals surface area contributed by atoms with Crippen LogP contribution in [0.4, 0.5) is 0 Å². The van der Waals surface area contributed by atoms with E-state index in [4.69, 9.17) is 59.4 Å². The summed E-state index contributed by atoms with van der Waals surface area (Å²) >= 11 is 0. The Bertz CT molecular complexity index is 4660. The fourth-order valence-corrected chi connectivity index (χ4v) is 33.6. The number of rotatable bonds is 16. The van der Waals surface area contributed by atoms with Crippen LogP contribution in [0.25, 0.3) is 19.4 Å². The van der Waals surface area contributed by atoms with Crippen molar-refractivity contribution in [2.45, 2.75) is 313 Å². The summed E-state index contributed by atoms with van der Waals surface area (Å²) in [6.45, 7) is 61.8. The monoisotopic (exact) mass is 1700 g/mol. The Kier molecular flexibility index (Phi) is 25.5. The van der Waals surface area contributed by atoms with Gasteiger partial charge in [0.2, 0.25) is 22.8 Å². The lowest BCUT2D eigenvalue weighted by molar-refractivity contribution is -0.241. The maximum absolute atomic E-state index is 13.5. The second-order valence-corrected chi connectivity index (χ2v) is 43.8. The van der Waals surface area contributed by atoms with Crippen LogP contribution in [-0.4, -0.2) is 107 Å². The summed E-state index contributed by atoms with van der Waals surface area (Å²) in [5, 5.41) is 0. The second-order valence-electron chi connectivity index (χ2n) is 43.8. The van der Waals surface area contributed by atoms with Gasteiger partial charge in [0.05, 0.1) is 58.8 Å². The standard InChI is InChI=1S/C30H45NO7.C26H35NO3.C26H35NO2.C24H29NO2/c1-18(8-11-27(33)36-7)20-9-10-21-28-22(14-26(30(20,21)3)38-17-35-6)29(2)15-23(31-4)24(32)12-19(29)13-25(28)37-16-34-5;1-6-25(7-2)21-9-8-17-18(23(21,3)16-20(27-5)22(25)28)10-12-24(4)19(17)11-13-26(24)29-14-15-30-26;1-6-13-26(14-7-2)21-10-8-17-18-9-11-22(28)24(18,3)15-12-19(17)25(21,4)16-20(27-5)23(26)29;1-22-13-10-17-15(16(22)7-9-20(22)26)6-8-19-23(17,2)14-18(25-3)21(27)24(19)11-4-5-12-24/h15,18-22,25-26,28H,8-14,16-17H2,1-3,5-7H3;9,16-19H,6-8,10-15H2,1-4H3;10,16-19H,6-9,11-15H2,1-4H3;8,14-17H,4-7,9-13H2,1-2H3/t18-,19+,20-,21+,22+,25-,26+,28+,29+,30-;17-,18+,19+,23-,24+;17-,18-,19-,24-,25+;15-,16-,17-,22-,23+/m1100/s1. The third-order valence-electron chi connectivity index (χ3n) is 39.5. The number of carbonyl (C=O) groups excluding carboxylic acids is 7. The number of ketones is 6. The fraction of sp³-hybridized carbons (Fsp3) is 0.764. The lowest BCUT2D eigenvalue weighted by atomic mass is 9.44. The SMILES string of the molecule is [C-]#[N+]C1=C[C@@]2(C)C(=CC[C@@H]3[C@@H]2CC[C@@]2(C)[C@H]3CCC23OCCO3)C(CC)(CC)C1=O.[C-]#[N+]C1=C[C@@]2(C)C(=CC[C@@H]3[C@@H]2CC[C@]2(C)C(=O)CC[C@@H]32)C(CCC)(CCC)C1=O.[C-]#[N+]C1=C[C@@]2(C)C(=CC[C@@H]3[C@@H]2CC[C@]2(C)C(=O)CC[C@@H]32)C2(CCCC2)C1=O.[C-]#[N+]C1=C[C@@]2(C)[C@@H](CC1=O)C[C@@H](OCOC)[C@@H]1[C@@H]2C[C@H](OCOC)[C@]2(C)[C@@H]([C@H](C)CCC(=O)OC)CC[C@@H]12. The Balaban J connectivity index is 0.000000129. The second kappa shape index (κ2) is 34.4. The number of allylic oxidation sites excluding steroid dienone is 14. The normalized spacial score (nSPS) is 42.2. The summed E-state index contributed by atoms with van der Waals surface area (Å²) < 4.78 is 41.1. The Morgan fingerprint density at radius 2 is 1.00 bits per heavy atom. The van der Waals surface area contributed by atoms with Crippen LogP contribution in [-0.2, 0) is 66.7 Å². The first-order chi connectivity index (χ1) is 59.1. The van der Waals surface area contributed by atoms with Crippen LogP contribution >= 0.6 is 0 Å². The molecule has 17 aliphatic carbocycles. The van der Waals surface area contributed by atoms with Gasteiger partial charge in [0.25, 0.3) is 0 Å². The van der Waals surface area contributed by atoms with Crippen molar-refractivity contribution in [3.63, 3.8) is 0 Å². The van der Waals surface area contributed by atoms with Crippen LogP contribution in [0.2, 0.25) is 0 Å². The van der Waals surface area contributed by atoms with E-state index in [1.807, 2.05) is 18.2 Å². The zero-order chi connectivity index (χ0) is 89.1. The molecule has 2 spiro atoms. The molecule has 0 amide bonds. The van der Waals surface area contributed by atoms with Gasteiger partial charge >= 0.3 is 5.97 Å². The van der Waals surface area contributed by atoms with Crippen molar-refractivity contribution in [3.05, 3.63) is 128 Å². The molecule has 18 rings (SSSR count). The number of carbonyl (C=O) groups is 7. The average molecular weight is 1700 g/mol. The van der Waals surface area contributed by atoms with Crippen LogP contribution < -0.4 is 0 Å². The molecule has 0 radical (unpaired) electrons. The van der Waals surface area contributed by atoms with Crippen LogP contribution in [0.15, 0.2) is 82.0 Å². The highest BCUT2D eigenvalue weighted by molar-refractivity contribution is 6.07. The molecule has 672 valence electrons. The Morgan fingerprint density at radius 1 is 0.516 bits per heavy atom. The predicted octanol–water partition coefficient (Wildman–Crippen LogP) is 22.3. The molecule has 10 saturated carbocycles. The number of hydrogen-bond acceptors (Lipinski definition) is 14. The fourth-order valence-electron chi connectivity index (χ4n) is 33.6. The number of nitrogens with zero attached hydrogens (tertiary/aromatic N) is 4. The third-order valence-corrected chi connectivity index (χ3v) is 39.5. The minimum atomic E-state index is -0.496. The molecule has 1 saturated heterocycles. The summed E-state index contributed by atoms with van der Waals surface area (Å²) in [5.41, 5.74) is 2.72. The van der Waals surface area contributed by atoms with E-state index in [2.05, 4.69) is 134 Å². The van der Waals surface area contributed by atoms with E-state index in [9.17, 15) is 33.6 Å². The molecule has 18 aliphatic rings. The topological polar surface area (TPSA) is 202 Å². The lowest BCUT2D eigenvalue weighted by Crippen LogP contribution is -2.62. The van der Waals surface area contributed by atoms with Crippen molar-refractivity contribution in [2.24, 2.45) is 148 Å². The van der Waals surface area contributed by atoms with Crippen molar-refractivity contribution < 1.29 is 66.7 Å². The Hall–Kier alpha value is -6.61. The minimum absolute atomic E-state index is 0.0226. The summed E-state index contributed by atoms with van der Waals surface area (Å²) in [5.74, 6) is 6.62. The molecule has 0 aromatic rings. The summed E-state index contributed by atoms with van der Waals surface area (Å²) in [6.07, 6.45) is 44.6. The zero-order valence-electron chi connectivity index (χ0n) is 77.8. The molecule has 18 heteroatoms. The van der Waals surface area contributed by atoms with Crippen LogP contribution in [0.5, 0.6) is 0 Å². The minimum Gasteiger partial charge on any atom is -0.469 e. The molecule has 11 fully saturated rings. The average Bonchev–Trinajstić information content (AvgIpc) is 1.49. The van der Waals surface area contributed by atoms with Crippen molar-refractivity contribution in [1.82, 2.24) is 0 Å². The van der Waals surface area contributed by atoms with Gasteiger partial charge in [0.15, 0.2) is 28.9 Å². The number of ether oxygens (including phenoxy) is 7. The summed E-state index contributed by atoms with van der Waals surface area (Å²) in [4.78, 5) is 105. The van der Waals surface area contributed by atoms with Crippen LogP contribution in [0.3, 0.4) is 0 Å². The van der Waals surface area contributed by atoms with E-state index in [-0.39, 0.29) is 127 Å². The van der Waals surface area contributed by atoms with E-state index in [1.165, 1.54) is 23.8 Å². The molecule has 124 heavy (non-hydrogen) atoms. The highest BCUT2D eigenvalue weighted by Crippen LogP contribution is 2.75. The molecular weight excluding hydrogens is 1550 g/mol. The van der Waals surface area contributed by atoms with Gasteiger partial charge in [0, 0.05) is 100 Å². The van der Waals surface area contributed by atoms with E-state index in [0.717, 1.165) is 193 Å². The van der Waals surface area contributed by atoms with Gasteiger partial charge in [-0.25, -0.2) is 19.4 Å². The lowest BCUT2D eigenvalue weighted by Gasteiger charge is -2.63. The highest BCUT2D eigenvalue weighted by Gasteiger charge is 2.71. The Morgan fingerprint density at radius 3 is 1.52 bits per heavy atom. The first-order valence-corrected chi connectivity index (χ1v) is 48.5. The quantitative estimate of drug-likeness (QED) is 0.0611. The molecule has 18 nitrogen and oxygen atoms in total. The Labute approximate surface area is 740 Å². The van der Waals surface area contributed by atoms with E-state index >= 15 is 0 Å². The van der Waals surface area contributed by atoms with Gasteiger partial charge in [-0.1, -0.05) is 175 Å². The summed E-state index contributed by atoms with van der Waals surface area (Å²) in [7, 11) is 4.74. The molecule has 0 N–H and O–H groups in total. The van der Waals surface area contributed by atoms with Gasteiger partial charge in [-0.3, -0.25) is 14.4 Å². The molecular formula is C106H144N4O14. The van der Waals surface area contributed by atoms with Crippen LogP contribution in [0, 0.1) is 175 Å². The van der Waals surface area contributed by atoms with Gasteiger partial charge in [-0.05, 0) is 242 Å². The zero-order valence-corrected chi connectivity index (χ0v) is 77.8. The molecule has 0 bridgehead atoms. The number of methoxy groups -OCH3 is 3. The van der Waals surface area contributed by atoms with Gasteiger partial charge in [-0.2, -0.15) is 0 Å². The van der Waals surface area contributed by atoms with Crippen molar-refractivity contribution >= 4 is 40.7 Å². The van der Waals surface area contributed by atoms with Gasteiger partial charge in [0.1, 0.15) is 25.2 Å². The smallest absolute Gasteiger partial charge is 0.305 e. The van der Waals surface area contributed by atoms with Gasteiger partial charge in [-0.15, -0.1) is 0 Å². The molecule has 0 aromatic carbocycles. The highest BCUT2D eigenvalue weighted by atomic mass is 16.7. The molecule has 1 heterocycles. The van der Waals surface area contributed by atoms with E-state index in [1.54, 1.807) is 14.2 Å². The molecule has 0 aromatic heterocycles. The van der Waals surface area contributed by atoms with Crippen molar-refractivity contribution in [2.75, 3.05) is 48.1 Å². The first-order valence-electron chi connectivity index (χ1n) is 48.5. The first kappa shape index (κ1) is 92.1. The predicted molar refractivity (Wildman–Crippen MR) is 474 cm³/mol. The van der Waals surface area contributed by atoms with Crippen molar-refractivity contribution in [3.8, 4) is 0 Å². The maximum atomic E-state index is 13.5. The van der Waals surface area contributed by atoms with Crippen LogP contribution in [0.1, 0.15) is 295 Å². The molecule has 1 aliphatic heterocycles. The number of fused-ring (bicyclic) bond motifs is 22. The number of Topliss-reactive ketones (excluding diaryl/α,β-unsaturated/α-hetero) is 6. The van der Waals surface area contributed by atoms with E-state index < -0.39 is 16.2 Å². The largest absolute Gasteiger partial charge is 0.469 e. The third kappa shape index (κ3) is 13.7. The van der Waals surface area contributed by atoms with Gasteiger partial charge < -0.3 is 52.3 Å². The molecule has 25 atom stereocenters. The van der Waals surface area contributed by atoms with Crippen molar-refractivity contribution in [1.29, 1.82) is 0 Å². The van der Waals surface area contributed by atoms with E-state index in [0.29, 0.717) is 126 Å². The maximum Gasteiger partial charge on any atom is 0.305 e. The summed E-state index contributed by atoms with van der Waals surface area (Å²) in [6, 6.07) is 0.